The number of halogens is 2. The largest absolute Gasteiger partial charge is 0.372 e. The minimum atomic E-state index is -3.74. The normalized spacial score (nSPS) is 11.2. The van der Waals surface area contributed by atoms with E-state index in [4.69, 9.17) is 11.6 Å². The lowest BCUT2D eigenvalue weighted by molar-refractivity contribution is 0.601. The van der Waals surface area contributed by atoms with Crippen LogP contribution in [-0.4, -0.2) is 20.4 Å². The molecule has 106 valence electrons. The van der Waals surface area contributed by atoms with Gasteiger partial charge >= 0.3 is 0 Å². The number of rotatable bonds is 4. The standard InChI is InChI=1S/C12H11BrClN3O2S/c1-15-12-10(14)6-8(7-16-12)20(18,19)17-11-5-3-2-4-9(11)13/h2-7,17H,1H3,(H,15,16). The van der Waals surface area contributed by atoms with Crippen LogP contribution in [0.2, 0.25) is 5.02 Å². The Morgan fingerprint density at radius 2 is 2.00 bits per heavy atom. The van der Waals surface area contributed by atoms with Crippen molar-refractivity contribution in [2.75, 3.05) is 17.1 Å². The number of para-hydroxylation sites is 1. The highest BCUT2D eigenvalue weighted by Crippen LogP contribution is 2.26. The van der Waals surface area contributed by atoms with Gasteiger partial charge in [-0.2, -0.15) is 0 Å². The number of nitrogens with zero attached hydrogens (tertiary/aromatic N) is 1. The smallest absolute Gasteiger partial charge is 0.263 e. The van der Waals surface area contributed by atoms with Crippen molar-refractivity contribution in [3.05, 3.63) is 46.0 Å². The molecule has 20 heavy (non-hydrogen) atoms. The van der Waals surface area contributed by atoms with Gasteiger partial charge in [0.25, 0.3) is 10.0 Å². The molecule has 2 aromatic rings. The van der Waals surface area contributed by atoms with Crippen LogP contribution in [-0.2, 0) is 10.0 Å². The highest BCUT2D eigenvalue weighted by Gasteiger charge is 2.17. The van der Waals surface area contributed by atoms with Crippen LogP contribution in [0.3, 0.4) is 0 Å². The number of hydrogen-bond donors (Lipinski definition) is 2. The molecule has 0 fully saturated rings. The summed E-state index contributed by atoms with van der Waals surface area (Å²) in [4.78, 5) is 3.95. The summed E-state index contributed by atoms with van der Waals surface area (Å²) in [6, 6.07) is 8.27. The average Bonchev–Trinajstić information content (AvgIpc) is 2.41. The molecule has 0 saturated heterocycles. The zero-order valence-corrected chi connectivity index (χ0v) is 13.6. The summed E-state index contributed by atoms with van der Waals surface area (Å²) < 4.78 is 27.6. The molecule has 2 rings (SSSR count). The van der Waals surface area contributed by atoms with E-state index in [-0.39, 0.29) is 9.92 Å². The van der Waals surface area contributed by atoms with Gasteiger partial charge in [0, 0.05) is 17.7 Å². The van der Waals surface area contributed by atoms with E-state index in [9.17, 15) is 8.42 Å². The minimum Gasteiger partial charge on any atom is -0.372 e. The third-order valence-corrected chi connectivity index (χ3v) is 4.79. The Hall–Kier alpha value is -1.31. The third kappa shape index (κ3) is 3.23. The number of nitrogens with one attached hydrogen (secondary N) is 2. The molecule has 2 N–H and O–H groups in total. The van der Waals surface area contributed by atoms with Crippen molar-refractivity contribution in [1.82, 2.24) is 4.98 Å². The van der Waals surface area contributed by atoms with Crippen molar-refractivity contribution >= 4 is 49.1 Å². The lowest BCUT2D eigenvalue weighted by atomic mass is 10.3. The van der Waals surface area contributed by atoms with Crippen LogP contribution in [0.15, 0.2) is 45.9 Å². The molecule has 0 aliphatic carbocycles. The highest BCUT2D eigenvalue weighted by atomic mass is 79.9. The number of hydrogen-bond acceptors (Lipinski definition) is 4. The Kier molecular flexibility index (Phi) is 4.52. The van der Waals surface area contributed by atoms with Crippen molar-refractivity contribution in [3.63, 3.8) is 0 Å². The maximum absolute atomic E-state index is 12.3. The van der Waals surface area contributed by atoms with Gasteiger partial charge in [-0.1, -0.05) is 23.7 Å². The quantitative estimate of drug-likeness (QED) is 0.858. The summed E-state index contributed by atoms with van der Waals surface area (Å²) in [6.45, 7) is 0. The first-order chi connectivity index (χ1) is 9.44. The summed E-state index contributed by atoms with van der Waals surface area (Å²) in [7, 11) is -2.08. The van der Waals surface area contributed by atoms with Gasteiger partial charge in [0.05, 0.1) is 10.7 Å². The van der Waals surface area contributed by atoms with Crippen molar-refractivity contribution in [3.8, 4) is 0 Å². The monoisotopic (exact) mass is 375 g/mol. The van der Waals surface area contributed by atoms with E-state index < -0.39 is 10.0 Å². The fraction of sp³-hybridized carbons (Fsp3) is 0.0833. The fourth-order valence-electron chi connectivity index (χ4n) is 1.50. The second-order valence-corrected chi connectivity index (χ2v) is 6.78. The Bertz CT molecular complexity index is 737. The van der Waals surface area contributed by atoms with Crippen LogP contribution in [0.5, 0.6) is 0 Å². The lowest BCUT2D eigenvalue weighted by Gasteiger charge is -2.10. The number of sulfonamides is 1. The second kappa shape index (κ2) is 5.99. The van der Waals surface area contributed by atoms with Crippen LogP contribution in [0, 0.1) is 0 Å². The van der Waals surface area contributed by atoms with Crippen LogP contribution < -0.4 is 10.0 Å². The summed E-state index contributed by atoms with van der Waals surface area (Å²) in [5.41, 5.74) is 0.446. The molecule has 0 saturated carbocycles. The molecule has 1 aromatic heterocycles. The molecule has 0 aliphatic heterocycles. The number of pyridine rings is 1. The van der Waals surface area contributed by atoms with Gasteiger partial charge < -0.3 is 5.32 Å². The lowest BCUT2D eigenvalue weighted by Crippen LogP contribution is -2.14. The first-order valence-electron chi connectivity index (χ1n) is 5.54. The van der Waals surface area contributed by atoms with Gasteiger partial charge in [0.2, 0.25) is 0 Å². The van der Waals surface area contributed by atoms with Gasteiger partial charge in [-0.3, -0.25) is 4.72 Å². The Labute approximate surface area is 130 Å². The zero-order chi connectivity index (χ0) is 14.8. The zero-order valence-electron chi connectivity index (χ0n) is 10.4. The van der Waals surface area contributed by atoms with Crippen LogP contribution >= 0.6 is 27.5 Å². The highest BCUT2D eigenvalue weighted by molar-refractivity contribution is 9.10. The molecule has 0 unspecified atom stereocenters. The van der Waals surface area contributed by atoms with Gasteiger partial charge in [-0.05, 0) is 34.1 Å². The van der Waals surface area contributed by atoms with Gasteiger partial charge in [0.1, 0.15) is 10.7 Å². The molecule has 5 nitrogen and oxygen atoms in total. The molecule has 0 atom stereocenters. The van der Waals surface area contributed by atoms with Gasteiger partial charge in [0.15, 0.2) is 0 Å². The van der Waals surface area contributed by atoms with Crippen molar-refractivity contribution in [1.29, 1.82) is 0 Å². The third-order valence-electron chi connectivity index (χ3n) is 2.48. The number of benzene rings is 1. The van der Waals surface area contributed by atoms with E-state index in [2.05, 4.69) is 31.0 Å². The second-order valence-electron chi connectivity index (χ2n) is 3.84. The molecule has 0 bridgehead atoms. The average molecular weight is 377 g/mol. The number of anilines is 2. The Morgan fingerprint density at radius 1 is 1.30 bits per heavy atom. The molecular formula is C12H11BrClN3O2S. The molecule has 1 heterocycles. The van der Waals surface area contributed by atoms with Crippen molar-refractivity contribution in [2.45, 2.75) is 4.90 Å². The predicted octanol–water partition coefficient (Wildman–Crippen LogP) is 3.34. The summed E-state index contributed by atoms with van der Waals surface area (Å²) in [5.74, 6) is 0.423. The molecular weight excluding hydrogens is 366 g/mol. The SMILES string of the molecule is CNc1ncc(S(=O)(=O)Nc2ccccc2Br)cc1Cl. The topological polar surface area (TPSA) is 71.1 Å². The molecule has 0 amide bonds. The first kappa shape index (κ1) is 15.1. The maximum Gasteiger partial charge on any atom is 0.263 e. The number of aromatic nitrogens is 1. The van der Waals surface area contributed by atoms with E-state index in [1.54, 1.807) is 31.3 Å². The van der Waals surface area contributed by atoms with E-state index >= 15 is 0 Å². The van der Waals surface area contributed by atoms with Crippen molar-refractivity contribution < 1.29 is 8.42 Å². The maximum atomic E-state index is 12.3. The molecule has 0 radical (unpaired) electrons. The van der Waals surface area contributed by atoms with E-state index in [1.807, 2.05) is 0 Å². The van der Waals surface area contributed by atoms with Gasteiger partial charge in [-0.25, -0.2) is 13.4 Å². The molecule has 0 spiro atoms. The molecule has 1 aromatic carbocycles. The molecule has 8 heteroatoms. The molecule has 0 aliphatic rings. The van der Waals surface area contributed by atoms with E-state index in [0.717, 1.165) is 0 Å². The van der Waals surface area contributed by atoms with Crippen LogP contribution in [0.25, 0.3) is 0 Å². The summed E-state index contributed by atoms with van der Waals surface area (Å²) in [5, 5.41) is 3.01. The first-order valence-corrected chi connectivity index (χ1v) is 8.20. The fourth-order valence-corrected chi connectivity index (χ4v) is 3.39. The van der Waals surface area contributed by atoms with E-state index in [0.29, 0.717) is 16.0 Å². The van der Waals surface area contributed by atoms with E-state index in [1.165, 1.54) is 12.3 Å². The predicted molar refractivity (Wildman–Crippen MR) is 83.7 cm³/mol. The summed E-state index contributed by atoms with van der Waals surface area (Å²) >= 11 is 9.22. The Morgan fingerprint density at radius 3 is 2.60 bits per heavy atom. The minimum absolute atomic E-state index is 0.00254. The summed E-state index contributed by atoms with van der Waals surface area (Å²) in [6.07, 6.45) is 1.25. The van der Waals surface area contributed by atoms with Crippen LogP contribution in [0.1, 0.15) is 0 Å². The van der Waals surface area contributed by atoms with Gasteiger partial charge in [-0.15, -0.1) is 0 Å². The Balaban J connectivity index is 2.36. The van der Waals surface area contributed by atoms with Crippen LogP contribution in [0.4, 0.5) is 11.5 Å². The van der Waals surface area contributed by atoms with Crippen molar-refractivity contribution in [2.24, 2.45) is 0 Å².